The number of likely N-dealkylation sites (tertiary alicyclic amines) is 1. The maximum atomic E-state index is 12.3. The standard InChI is InChI=1S/C17H33N3O2/c1-3-22-10-4-8-20-9-7-16(13(2)12-20)19-17(21)14-5-6-15(18)11-14/h13-16H,3-12,18H2,1-2H3,(H,19,21). The molecule has 4 atom stereocenters. The van der Waals surface area contributed by atoms with Gasteiger partial charge in [0.2, 0.25) is 5.91 Å². The van der Waals surface area contributed by atoms with E-state index in [1.807, 2.05) is 6.92 Å². The van der Waals surface area contributed by atoms with Crippen LogP contribution in [0.25, 0.3) is 0 Å². The number of hydrogen-bond donors (Lipinski definition) is 2. The van der Waals surface area contributed by atoms with Gasteiger partial charge in [0.25, 0.3) is 0 Å². The van der Waals surface area contributed by atoms with Gasteiger partial charge in [-0.1, -0.05) is 6.92 Å². The Morgan fingerprint density at radius 2 is 2.18 bits per heavy atom. The number of piperidine rings is 1. The lowest BCUT2D eigenvalue weighted by molar-refractivity contribution is -0.126. The van der Waals surface area contributed by atoms with E-state index in [1.165, 1.54) is 0 Å². The smallest absolute Gasteiger partial charge is 0.223 e. The third-order valence-electron chi connectivity index (χ3n) is 5.13. The second kappa shape index (κ2) is 8.85. The Hall–Kier alpha value is -0.650. The molecule has 5 nitrogen and oxygen atoms in total. The van der Waals surface area contributed by atoms with E-state index in [1.54, 1.807) is 0 Å². The molecule has 0 bridgehead atoms. The number of amides is 1. The second-order valence-electron chi connectivity index (χ2n) is 7.00. The van der Waals surface area contributed by atoms with Gasteiger partial charge in [-0.15, -0.1) is 0 Å². The summed E-state index contributed by atoms with van der Waals surface area (Å²) in [6.07, 6.45) is 4.96. The van der Waals surface area contributed by atoms with Crippen LogP contribution in [0, 0.1) is 11.8 Å². The number of rotatable bonds is 7. The molecule has 0 radical (unpaired) electrons. The summed E-state index contributed by atoms with van der Waals surface area (Å²) in [7, 11) is 0. The van der Waals surface area contributed by atoms with Crippen LogP contribution in [0.5, 0.6) is 0 Å². The first-order chi connectivity index (χ1) is 10.6. The highest BCUT2D eigenvalue weighted by Gasteiger charge is 2.32. The van der Waals surface area contributed by atoms with Gasteiger partial charge in [0, 0.05) is 50.8 Å². The first-order valence-electron chi connectivity index (χ1n) is 8.96. The molecule has 22 heavy (non-hydrogen) atoms. The van der Waals surface area contributed by atoms with Crippen molar-refractivity contribution >= 4 is 5.91 Å². The van der Waals surface area contributed by atoms with Crippen molar-refractivity contribution in [2.75, 3.05) is 32.8 Å². The summed E-state index contributed by atoms with van der Waals surface area (Å²) in [6, 6.07) is 0.549. The first-order valence-corrected chi connectivity index (χ1v) is 8.96. The summed E-state index contributed by atoms with van der Waals surface area (Å²) in [4.78, 5) is 14.8. The number of carbonyl (C=O) groups is 1. The Labute approximate surface area is 134 Å². The Morgan fingerprint density at radius 3 is 2.82 bits per heavy atom. The zero-order valence-corrected chi connectivity index (χ0v) is 14.2. The van der Waals surface area contributed by atoms with Crippen molar-refractivity contribution in [1.82, 2.24) is 10.2 Å². The average Bonchev–Trinajstić information content (AvgIpc) is 2.93. The molecule has 0 spiro atoms. The molecule has 128 valence electrons. The largest absolute Gasteiger partial charge is 0.382 e. The zero-order chi connectivity index (χ0) is 15.9. The lowest BCUT2D eigenvalue weighted by Crippen LogP contribution is -2.51. The third-order valence-corrected chi connectivity index (χ3v) is 5.13. The summed E-state index contributed by atoms with van der Waals surface area (Å²) in [5.74, 6) is 0.890. The Kier molecular flexibility index (Phi) is 7.12. The van der Waals surface area contributed by atoms with Gasteiger partial charge in [-0.25, -0.2) is 0 Å². The zero-order valence-electron chi connectivity index (χ0n) is 14.2. The molecule has 1 aliphatic carbocycles. The number of nitrogens with one attached hydrogen (secondary N) is 1. The van der Waals surface area contributed by atoms with Crippen LogP contribution in [-0.2, 0) is 9.53 Å². The van der Waals surface area contributed by atoms with E-state index in [2.05, 4.69) is 17.1 Å². The van der Waals surface area contributed by atoms with Crippen molar-refractivity contribution in [1.29, 1.82) is 0 Å². The fourth-order valence-electron chi connectivity index (χ4n) is 3.74. The third kappa shape index (κ3) is 5.21. The minimum absolute atomic E-state index is 0.145. The molecule has 0 aromatic rings. The Bertz CT molecular complexity index is 351. The topological polar surface area (TPSA) is 67.6 Å². The molecule has 2 aliphatic rings. The van der Waals surface area contributed by atoms with Crippen LogP contribution in [0.15, 0.2) is 0 Å². The van der Waals surface area contributed by atoms with E-state index in [9.17, 15) is 4.79 Å². The first kappa shape index (κ1) is 17.7. The molecule has 4 unspecified atom stereocenters. The molecule has 1 saturated carbocycles. The van der Waals surface area contributed by atoms with Crippen molar-refractivity contribution in [3.63, 3.8) is 0 Å². The van der Waals surface area contributed by atoms with Crippen LogP contribution < -0.4 is 11.1 Å². The molecule has 1 saturated heterocycles. The van der Waals surface area contributed by atoms with Crippen molar-refractivity contribution in [2.45, 2.75) is 58.0 Å². The molecule has 1 amide bonds. The maximum absolute atomic E-state index is 12.3. The van der Waals surface area contributed by atoms with Crippen LogP contribution in [0.4, 0.5) is 0 Å². The summed E-state index contributed by atoms with van der Waals surface area (Å²) in [6.45, 7) is 9.18. The Balaban J connectivity index is 1.68. The van der Waals surface area contributed by atoms with Crippen LogP contribution in [-0.4, -0.2) is 55.7 Å². The SMILES string of the molecule is CCOCCCN1CCC(NC(=O)C2CCC(N)C2)C(C)C1. The lowest BCUT2D eigenvalue weighted by atomic mass is 9.92. The molecule has 1 heterocycles. The van der Waals surface area contributed by atoms with Gasteiger partial charge in [-0.3, -0.25) is 4.79 Å². The molecule has 0 aromatic heterocycles. The predicted octanol–water partition coefficient (Wildman–Crippen LogP) is 1.37. The van der Waals surface area contributed by atoms with Gasteiger partial charge in [0.05, 0.1) is 0 Å². The minimum atomic E-state index is 0.145. The second-order valence-corrected chi connectivity index (χ2v) is 7.00. The van der Waals surface area contributed by atoms with E-state index in [4.69, 9.17) is 10.5 Å². The number of nitrogens with two attached hydrogens (primary N) is 1. The van der Waals surface area contributed by atoms with E-state index in [0.717, 1.165) is 65.0 Å². The quantitative estimate of drug-likeness (QED) is 0.697. The highest BCUT2D eigenvalue weighted by molar-refractivity contribution is 5.79. The van der Waals surface area contributed by atoms with Gasteiger partial charge in [-0.2, -0.15) is 0 Å². The van der Waals surface area contributed by atoms with Gasteiger partial charge in [0.1, 0.15) is 0 Å². The Morgan fingerprint density at radius 1 is 1.36 bits per heavy atom. The van der Waals surface area contributed by atoms with Gasteiger partial charge >= 0.3 is 0 Å². The molecular weight excluding hydrogens is 278 g/mol. The molecule has 2 fully saturated rings. The number of carbonyl (C=O) groups excluding carboxylic acids is 1. The van der Waals surface area contributed by atoms with Gasteiger partial charge in [-0.05, 0) is 44.9 Å². The monoisotopic (exact) mass is 311 g/mol. The van der Waals surface area contributed by atoms with Crippen molar-refractivity contribution < 1.29 is 9.53 Å². The fourth-order valence-corrected chi connectivity index (χ4v) is 3.74. The van der Waals surface area contributed by atoms with Crippen molar-refractivity contribution in [3.8, 4) is 0 Å². The molecule has 5 heteroatoms. The van der Waals surface area contributed by atoms with Crippen LogP contribution in [0.1, 0.15) is 46.0 Å². The summed E-state index contributed by atoms with van der Waals surface area (Å²) < 4.78 is 5.40. The number of hydrogen-bond acceptors (Lipinski definition) is 4. The van der Waals surface area contributed by atoms with Crippen molar-refractivity contribution in [3.05, 3.63) is 0 Å². The molecule has 3 N–H and O–H groups in total. The molecule has 2 rings (SSSR count). The maximum Gasteiger partial charge on any atom is 0.223 e. The van der Waals surface area contributed by atoms with Gasteiger partial charge < -0.3 is 20.7 Å². The summed E-state index contributed by atoms with van der Waals surface area (Å²) in [5.41, 5.74) is 5.91. The van der Waals surface area contributed by atoms with E-state index < -0.39 is 0 Å². The van der Waals surface area contributed by atoms with Crippen LogP contribution >= 0.6 is 0 Å². The average molecular weight is 311 g/mol. The fraction of sp³-hybridized carbons (Fsp3) is 0.941. The van der Waals surface area contributed by atoms with E-state index in [-0.39, 0.29) is 17.9 Å². The lowest BCUT2D eigenvalue weighted by Gasteiger charge is -2.37. The highest BCUT2D eigenvalue weighted by atomic mass is 16.5. The molecule has 1 aliphatic heterocycles. The predicted molar refractivity (Wildman–Crippen MR) is 88.6 cm³/mol. The molecule has 0 aromatic carbocycles. The number of nitrogens with zero attached hydrogens (tertiary/aromatic N) is 1. The van der Waals surface area contributed by atoms with Crippen LogP contribution in [0.2, 0.25) is 0 Å². The van der Waals surface area contributed by atoms with E-state index in [0.29, 0.717) is 12.0 Å². The highest BCUT2D eigenvalue weighted by Crippen LogP contribution is 2.25. The van der Waals surface area contributed by atoms with Crippen LogP contribution in [0.3, 0.4) is 0 Å². The summed E-state index contributed by atoms with van der Waals surface area (Å²) in [5, 5.41) is 3.28. The minimum Gasteiger partial charge on any atom is -0.382 e. The summed E-state index contributed by atoms with van der Waals surface area (Å²) >= 11 is 0. The van der Waals surface area contributed by atoms with Crippen molar-refractivity contribution in [2.24, 2.45) is 17.6 Å². The van der Waals surface area contributed by atoms with E-state index >= 15 is 0 Å². The van der Waals surface area contributed by atoms with Gasteiger partial charge in [0.15, 0.2) is 0 Å². The normalized spacial score (nSPS) is 33.0. The number of ether oxygens (including phenoxy) is 1. The molecular formula is C17H33N3O2.